The van der Waals surface area contributed by atoms with Crippen molar-refractivity contribution in [3.8, 4) is 0 Å². The summed E-state index contributed by atoms with van der Waals surface area (Å²) in [7, 11) is 0. The van der Waals surface area contributed by atoms with Gasteiger partial charge in [0.2, 0.25) is 0 Å². The zero-order valence-electron chi connectivity index (χ0n) is 9.93. The van der Waals surface area contributed by atoms with Gasteiger partial charge in [-0.1, -0.05) is 6.42 Å². The Bertz CT molecular complexity index is 391. The molecule has 0 aliphatic carbocycles. The molecule has 1 aromatic carbocycles. The van der Waals surface area contributed by atoms with Crippen LogP contribution in [-0.2, 0) is 0 Å². The van der Waals surface area contributed by atoms with Gasteiger partial charge in [-0.15, -0.1) is 0 Å². The molecule has 1 aliphatic rings. The first kappa shape index (κ1) is 11.9. The number of nitro groups is 1. The van der Waals surface area contributed by atoms with E-state index in [9.17, 15) is 10.1 Å². The van der Waals surface area contributed by atoms with Crippen molar-refractivity contribution < 1.29 is 4.92 Å². The average Bonchev–Trinajstić information content (AvgIpc) is 2.33. The molecule has 1 aliphatic heterocycles. The summed E-state index contributed by atoms with van der Waals surface area (Å²) in [4.78, 5) is 10.1. The molecule has 0 saturated carbocycles. The summed E-state index contributed by atoms with van der Waals surface area (Å²) in [5.74, 6) is 0. The van der Waals surface area contributed by atoms with Gasteiger partial charge in [-0.05, 0) is 31.9 Å². The third-order valence-corrected chi connectivity index (χ3v) is 3.15. The van der Waals surface area contributed by atoms with Crippen molar-refractivity contribution in [2.45, 2.75) is 32.2 Å². The Balaban J connectivity index is 2.00. The van der Waals surface area contributed by atoms with Gasteiger partial charge in [0.1, 0.15) is 0 Å². The second kappa shape index (κ2) is 5.14. The van der Waals surface area contributed by atoms with E-state index in [1.54, 1.807) is 12.1 Å². The fourth-order valence-corrected chi connectivity index (χ4v) is 2.09. The number of hydrogen-bond acceptors (Lipinski definition) is 4. The van der Waals surface area contributed by atoms with E-state index >= 15 is 0 Å². The molecule has 5 nitrogen and oxygen atoms in total. The van der Waals surface area contributed by atoms with E-state index in [0.717, 1.165) is 12.2 Å². The second-order valence-corrected chi connectivity index (χ2v) is 4.45. The number of benzene rings is 1. The lowest BCUT2D eigenvalue weighted by Crippen LogP contribution is -2.41. The maximum absolute atomic E-state index is 10.5. The molecule has 1 saturated heterocycles. The number of nitrogens with one attached hydrogen (secondary N) is 1. The molecule has 1 N–H and O–H groups in total. The fourth-order valence-electron chi connectivity index (χ4n) is 2.09. The first-order chi connectivity index (χ1) is 8.16. The molecule has 2 rings (SSSR count). The second-order valence-electron chi connectivity index (χ2n) is 4.45. The van der Waals surface area contributed by atoms with Crippen molar-refractivity contribution in [1.29, 1.82) is 0 Å². The molecule has 1 heterocycles. The standard InChI is InChI=1S/C12H17N3O2/c1-10-4-2-3-9-14(10)13-11-5-7-12(8-6-11)15(16)17/h5-8,10,13H,2-4,9H2,1H3. The molecule has 1 unspecified atom stereocenters. The van der Waals surface area contributed by atoms with Gasteiger partial charge < -0.3 is 5.43 Å². The number of nitro benzene ring substituents is 1. The molecular weight excluding hydrogens is 218 g/mol. The Morgan fingerprint density at radius 2 is 2.06 bits per heavy atom. The highest BCUT2D eigenvalue weighted by atomic mass is 16.6. The molecule has 1 atom stereocenters. The van der Waals surface area contributed by atoms with E-state index < -0.39 is 0 Å². The van der Waals surface area contributed by atoms with Crippen LogP contribution >= 0.6 is 0 Å². The summed E-state index contributed by atoms with van der Waals surface area (Å²) in [6.45, 7) is 3.22. The van der Waals surface area contributed by atoms with E-state index in [2.05, 4.69) is 17.4 Å². The molecule has 92 valence electrons. The fraction of sp³-hybridized carbons (Fsp3) is 0.500. The van der Waals surface area contributed by atoms with Crippen molar-refractivity contribution in [2.75, 3.05) is 12.0 Å². The Hall–Kier alpha value is -1.62. The van der Waals surface area contributed by atoms with Gasteiger partial charge in [-0.25, -0.2) is 5.01 Å². The van der Waals surface area contributed by atoms with Crippen LogP contribution in [0.5, 0.6) is 0 Å². The van der Waals surface area contributed by atoms with E-state index in [-0.39, 0.29) is 10.6 Å². The largest absolute Gasteiger partial charge is 0.319 e. The van der Waals surface area contributed by atoms with Crippen LogP contribution < -0.4 is 5.43 Å². The lowest BCUT2D eigenvalue weighted by Gasteiger charge is -2.34. The van der Waals surface area contributed by atoms with Gasteiger partial charge >= 0.3 is 0 Å². The first-order valence-electron chi connectivity index (χ1n) is 5.94. The number of anilines is 1. The Labute approximate surface area is 101 Å². The summed E-state index contributed by atoms with van der Waals surface area (Å²) in [6.07, 6.45) is 3.67. The van der Waals surface area contributed by atoms with Crippen LogP contribution in [-0.4, -0.2) is 22.5 Å². The highest BCUT2D eigenvalue weighted by Gasteiger charge is 2.17. The molecule has 0 radical (unpaired) electrons. The SMILES string of the molecule is CC1CCCCN1Nc1ccc([N+](=O)[O-])cc1. The molecule has 0 bridgehead atoms. The third kappa shape index (κ3) is 2.94. The van der Waals surface area contributed by atoms with Crippen LogP contribution in [0.25, 0.3) is 0 Å². The van der Waals surface area contributed by atoms with Gasteiger partial charge in [-0.2, -0.15) is 0 Å². The van der Waals surface area contributed by atoms with Crippen LogP contribution in [0.4, 0.5) is 11.4 Å². The molecule has 1 fully saturated rings. The molecule has 17 heavy (non-hydrogen) atoms. The third-order valence-electron chi connectivity index (χ3n) is 3.15. The Kier molecular flexibility index (Phi) is 3.58. The van der Waals surface area contributed by atoms with Crippen molar-refractivity contribution in [2.24, 2.45) is 0 Å². The predicted octanol–water partition coefficient (Wildman–Crippen LogP) is 2.80. The molecule has 1 aromatic rings. The monoisotopic (exact) mass is 235 g/mol. The van der Waals surface area contributed by atoms with Crippen LogP contribution in [0, 0.1) is 10.1 Å². The van der Waals surface area contributed by atoms with Gasteiger partial charge in [0.15, 0.2) is 0 Å². The predicted molar refractivity (Wildman–Crippen MR) is 66.7 cm³/mol. The number of rotatable bonds is 3. The van der Waals surface area contributed by atoms with Gasteiger partial charge in [-0.3, -0.25) is 10.1 Å². The number of non-ortho nitro benzene ring substituents is 1. The summed E-state index contributed by atoms with van der Waals surface area (Å²) in [5.41, 5.74) is 4.34. The maximum Gasteiger partial charge on any atom is 0.269 e. The van der Waals surface area contributed by atoms with Gasteiger partial charge in [0.05, 0.1) is 4.92 Å². The zero-order chi connectivity index (χ0) is 12.3. The number of nitrogens with zero attached hydrogens (tertiary/aromatic N) is 2. The number of piperidine rings is 1. The summed E-state index contributed by atoms with van der Waals surface area (Å²) in [6, 6.07) is 7.06. The normalized spacial score (nSPS) is 21.1. The quantitative estimate of drug-likeness (QED) is 0.646. The minimum atomic E-state index is -0.382. The topological polar surface area (TPSA) is 58.4 Å². The molecule has 0 aromatic heterocycles. The van der Waals surface area contributed by atoms with Crippen LogP contribution in [0.2, 0.25) is 0 Å². The van der Waals surface area contributed by atoms with E-state index in [1.807, 2.05) is 0 Å². The van der Waals surface area contributed by atoms with E-state index in [1.165, 1.54) is 31.4 Å². The van der Waals surface area contributed by atoms with Crippen LogP contribution in [0.15, 0.2) is 24.3 Å². The summed E-state index contributed by atoms with van der Waals surface area (Å²) < 4.78 is 0. The van der Waals surface area contributed by atoms with Crippen LogP contribution in [0.1, 0.15) is 26.2 Å². The smallest absolute Gasteiger partial charge is 0.269 e. The maximum atomic E-state index is 10.5. The lowest BCUT2D eigenvalue weighted by atomic mass is 10.1. The Morgan fingerprint density at radius 1 is 1.35 bits per heavy atom. The number of hydrazine groups is 1. The minimum absolute atomic E-state index is 0.127. The van der Waals surface area contributed by atoms with Crippen molar-refractivity contribution in [3.05, 3.63) is 34.4 Å². The van der Waals surface area contributed by atoms with E-state index in [4.69, 9.17) is 0 Å². The minimum Gasteiger partial charge on any atom is -0.319 e. The molecule has 5 heteroatoms. The summed E-state index contributed by atoms with van der Waals surface area (Å²) in [5, 5.41) is 12.7. The first-order valence-corrected chi connectivity index (χ1v) is 5.94. The molecule has 0 spiro atoms. The van der Waals surface area contributed by atoms with Crippen molar-refractivity contribution >= 4 is 11.4 Å². The number of hydrogen-bond donors (Lipinski definition) is 1. The van der Waals surface area contributed by atoms with Gasteiger partial charge in [0, 0.05) is 30.4 Å². The highest BCUT2D eigenvalue weighted by molar-refractivity contribution is 5.47. The zero-order valence-corrected chi connectivity index (χ0v) is 9.93. The van der Waals surface area contributed by atoms with Crippen LogP contribution in [0.3, 0.4) is 0 Å². The average molecular weight is 235 g/mol. The lowest BCUT2D eigenvalue weighted by molar-refractivity contribution is -0.384. The van der Waals surface area contributed by atoms with E-state index in [0.29, 0.717) is 6.04 Å². The Morgan fingerprint density at radius 3 is 2.65 bits per heavy atom. The highest BCUT2D eigenvalue weighted by Crippen LogP contribution is 2.20. The molecule has 0 amide bonds. The van der Waals surface area contributed by atoms with Crippen molar-refractivity contribution in [1.82, 2.24) is 5.01 Å². The van der Waals surface area contributed by atoms with Gasteiger partial charge in [0.25, 0.3) is 5.69 Å². The summed E-state index contributed by atoms with van der Waals surface area (Å²) >= 11 is 0. The molecular formula is C12H17N3O2. The van der Waals surface area contributed by atoms with Crippen molar-refractivity contribution in [3.63, 3.8) is 0 Å².